The SMILES string of the molecule is Cc1nn(C)c2nc(-c3ccco3)cc(C(=O)Nc3nn(C)cc3Cl)c12. The number of aromatic nitrogens is 5. The van der Waals surface area contributed by atoms with Crippen LogP contribution < -0.4 is 5.32 Å². The van der Waals surface area contributed by atoms with Crippen molar-refractivity contribution in [2.75, 3.05) is 5.32 Å². The van der Waals surface area contributed by atoms with Gasteiger partial charge in [-0.3, -0.25) is 14.2 Å². The molecule has 0 unspecified atom stereocenters. The lowest BCUT2D eigenvalue weighted by Crippen LogP contribution is -2.14. The molecule has 0 saturated carbocycles. The summed E-state index contributed by atoms with van der Waals surface area (Å²) in [7, 11) is 3.51. The van der Waals surface area contributed by atoms with Crippen molar-refractivity contribution in [3.8, 4) is 11.5 Å². The van der Waals surface area contributed by atoms with Gasteiger partial charge in [0.1, 0.15) is 10.7 Å². The number of aryl methyl sites for hydroxylation is 3. The van der Waals surface area contributed by atoms with Crippen LogP contribution in [0, 0.1) is 6.92 Å². The normalized spacial score (nSPS) is 11.2. The number of nitrogens with one attached hydrogen (secondary N) is 1. The van der Waals surface area contributed by atoms with Gasteiger partial charge in [0.2, 0.25) is 0 Å². The molecule has 8 nitrogen and oxygen atoms in total. The summed E-state index contributed by atoms with van der Waals surface area (Å²) in [6, 6.07) is 5.24. The van der Waals surface area contributed by atoms with E-state index in [9.17, 15) is 4.79 Å². The number of anilines is 1. The second-order valence-corrected chi connectivity index (χ2v) is 6.30. The molecule has 0 radical (unpaired) electrons. The maximum atomic E-state index is 13.0. The molecule has 4 aromatic heterocycles. The maximum Gasteiger partial charge on any atom is 0.257 e. The molecule has 0 aliphatic heterocycles. The van der Waals surface area contributed by atoms with Crippen LogP contribution in [0.4, 0.5) is 5.82 Å². The van der Waals surface area contributed by atoms with Gasteiger partial charge in [0.05, 0.1) is 22.9 Å². The Morgan fingerprint density at radius 2 is 2.12 bits per heavy atom. The van der Waals surface area contributed by atoms with Crippen LogP contribution in [0.2, 0.25) is 5.02 Å². The second kappa shape index (κ2) is 5.99. The summed E-state index contributed by atoms with van der Waals surface area (Å²) in [6.45, 7) is 1.83. The number of furan rings is 1. The van der Waals surface area contributed by atoms with E-state index in [0.29, 0.717) is 44.6 Å². The van der Waals surface area contributed by atoms with Crippen molar-refractivity contribution in [2.24, 2.45) is 14.1 Å². The van der Waals surface area contributed by atoms with Crippen LogP contribution in [0.1, 0.15) is 16.1 Å². The van der Waals surface area contributed by atoms with Gasteiger partial charge < -0.3 is 9.73 Å². The maximum absolute atomic E-state index is 13.0. The number of nitrogens with zero attached hydrogens (tertiary/aromatic N) is 5. The molecule has 0 aliphatic rings. The van der Waals surface area contributed by atoms with Gasteiger partial charge in [0, 0.05) is 20.3 Å². The first-order valence-electron chi connectivity index (χ1n) is 7.82. The first kappa shape index (κ1) is 16.3. The van der Waals surface area contributed by atoms with E-state index < -0.39 is 0 Å². The monoisotopic (exact) mass is 370 g/mol. The molecule has 1 N–H and O–H groups in total. The molecule has 0 bridgehead atoms. The summed E-state index contributed by atoms with van der Waals surface area (Å²) in [6.07, 6.45) is 3.17. The van der Waals surface area contributed by atoms with Crippen molar-refractivity contribution in [3.05, 3.63) is 46.9 Å². The lowest BCUT2D eigenvalue weighted by Gasteiger charge is -2.07. The Hall–Kier alpha value is -3.13. The largest absolute Gasteiger partial charge is 0.463 e. The van der Waals surface area contributed by atoms with Crippen molar-refractivity contribution >= 4 is 34.4 Å². The molecule has 0 fully saturated rings. The second-order valence-electron chi connectivity index (χ2n) is 5.89. The Morgan fingerprint density at radius 1 is 1.31 bits per heavy atom. The van der Waals surface area contributed by atoms with Crippen LogP contribution in [0.3, 0.4) is 0 Å². The van der Waals surface area contributed by atoms with Crippen LogP contribution in [-0.4, -0.2) is 30.5 Å². The number of pyridine rings is 1. The summed E-state index contributed by atoms with van der Waals surface area (Å²) in [4.78, 5) is 17.5. The zero-order valence-corrected chi connectivity index (χ0v) is 15.1. The molecule has 9 heteroatoms. The molecule has 0 aliphatic carbocycles. The van der Waals surface area contributed by atoms with Crippen molar-refractivity contribution < 1.29 is 9.21 Å². The fourth-order valence-corrected chi connectivity index (χ4v) is 3.12. The molecule has 0 aromatic carbocycles. The molecule has 0 spiro atoms. The highest BCUT2D eigenvalue weighted by Crippen LogP contribution is 2.28. The van der Waals surface area contributed by atoms with E-state index in [2.05, 4.69) is 20.5 Å². The van der Waals surface area contributed by atoms with Crippen molar-refractivity contribution in [1.82, 2.24) is 24.5 Å². The predicted molar refractivity (Wildman–Crippen MR) is 97.1 cm³/mol. The highest BCUT2D eigenvalue weighted by molar-refractivity contribution is 6.33. The molecule has 4 rings (SSSR count). The van der Waals surface area contributed by atoms with E-state index in [1.165, 1.54) is 4.68 Å². The molecule has 4 heterocycles. The quantitative estimate of drug-likeness (QED) is 0.598. The van der Waals surface area contributed by atoms with Crippen LogP contribution in [0.15, 0.2) is 35.1 Å². The van der Waals surface area contributed by atoms with Gasteiger partial charge in [0.15, 0.2) is 17.2 Å². The van der Waals surface area contributed by atoms with Crippen molar-refractivity contribution in [1.29, 1.82) is 0 Å². The minimum atomic E-state index is -0.345. The van der Waals surface area contributed by atoms with Gasteiger partial charge in [-0.1, -0.05) is 11.6 Å². The number of fused-ring (bicyclic) bond motifs is 1. The Morgan fingerprint density at radius 3 is 2.77 bits per heavy atom. The molecule has 4 aromatic rings. The first-order valence-corrected chi connectivity index (χ1v) is 8.20. The third kappa shape index (κ3) is 2.64. The number of carbonyl (C=O) groups is 1. The standard InChI is InChI=1S/C17H15ClN6O2/c1-9-14-10(17(25)20-15-11(18)8-23(2)22-15)7-12(13-5-4-6-26-13)19-16(14)24(3)21-9/h4-8H,1-3H3,(H,20,22,25). The number of rotatable bonds is 3. The lowest BCUT2D eigenvalue weighted by molar-refractivity contribution is 0.102. The molecular weight excluding hydrogens is 356 g/mol. The number of amides is 1. The molecule has 1 amide bonds. The van der Waals surface area contributed by atoms with E-state index in [1.54, 1.807) is 49.4 Å². The van der Waals surface area contributed by atoms with Gasteiger partial charge >= 0.3 is 0 Å². The van der Waals surface area contributed by atoms with Gasteiger partial charge in [-0.05, 0) is 25.1 Å². The number of carbonyl (C=O) groups excluding carboxylic acids is 1. The smallest absolute Gasteiger partial charge is 0.257 e. The van der Waals surface area contributed by atoms with Crippen LogP contribution in [-0.2, 0) is 14.1 Å². The highest BCUT2D eigenvalue weighted by Gasteiger charge is 2.21. The number of hydrogen-bond acceptors (Lipinski definition) is 5. The van der Waals surface area contributed by atoms with E-state index in [1.807, 2.05) is 6.92 Å². The molecule has 0 saturated heterocycles. The third-order valence-electron chi connectivity index (χ3n) is 4.00. The lowest BCUT2D eigenvalue weighted by atomic mass is 10.1. The third-order valence-corrected chi connectivity index (χ3v) is 4.28. The van der Waals surface area contributed by atoms with Gasteiger partial charge in [-0.2, -0.15) is 10.2 Å². The Labute approximate surface area is 153 Å². The average Bonchev–Trinajstić information content (AvgIpc) is 3.29. The topological polar surface area (TPSA) is 90.8 Å². The zero-order chi connectivity index (χ0) is 18.4. The Balaban J connectivity index is 1.87. The molecule has 132 valence electrons. The van der Waals surface area contributed by atoms with E-state index >= 15 is 0 Å². The van der Waals surface area contributed by atoms with Crippen molar-refractivity contribution in [3.63, 3.8) is 0 Å². The van der Waals surface area contributed by atoms with Gasteiger partial charge in [-0.25, -0.2) is 4.98 Å². The van der Waals surface area contributed by atoms with Crippen LogP contribution in [0.5, 0.6) is 0 Å². The fraction of sp³-hybridized carbons (Fsp3) is 0.176. The number of halogens is 1. The summed E-state index contributed by atoms with van der Waals surface area (Å²) in [5.41, 5.74) is 2.27. The van der Waals surface area contributed by atoms with Crippen LogP contribution >= 0.6 is 11.6 Å². The van der Waals surface area contributed by atoms with Gasteiger partial charge in [-0.15, -0.1) is 0 Å². The number of hydrogen-bond donors (Lipinski definition) is 1. The van der Waals surface area contributed by atoms with E-state index in [4.69, 9.17) is 16.0 Å². The summed E-state index contributed by atoms with van der Waals surface area (Å²) in [5, 5.41) is 12.3. The zero-order valence-electron chi connectivity index (χ0n) is 14.3. The van der Waals surface area contributed by atoms with E-state index in [0.717, 1.165) is 0 Å². The minimum absolute atomic E-state index is 0.297. The molecule has 0 atom stereocenters. The average molecular weight is 371 g/mol. The molecule has 26 heavy (non-hydrogen) atoms. The highest BCUT2D eigenvalue weighted by atomic mass is 35.5. The van der Waals surface area contributed by atoms with E-state index in [-0.39, 0.29) is 5.91 Å². The van der Waals surface area contributed by atoms with Crippen LogP contribution in [0.25, 0.3) is 22.5 Å². The van der Waals surface area contributed by atoms with Gasteiger partial charge in [0.25, 0.3) is 5.91 Å². The Bertz CT molecular complexity index is 1130. The molecular formula is C17H15ClN6O2. The summed E-state index contributed by atoms with van der Waals surface area (Å²) >= 11 is 6.10. The Kier molecular flexibility index (Phi) is 3.77. The minimum Gasteiger partial charge on any atom is -0.463 e. The van der Waals surface area contributed by atoms with Crippen molar-refractivity contribution in [2.45, 2.75) is 6.92 Å². The summed E-state index contributed by atoms with van der Waals surface area (Å²) < 4.78 is 8.60. The first-order chi connectivity index (χ1) is 12.4. The summed E-state index contributed by atoms with van der Waals surface area (Å²) in [5.74, 6) is 0.516. The predicted octanol–water partition coefficient (Wildman–Crippen LogP) is 3.18. The fourth-order valence-electron chi connectivity index (χ4n) is 2.89.